The molecule has 1 aromatic heterocycles. The van der Waals surface area contributed by atoms with Crippen LogP contribution in [0.1, 0.15) is 35.1 Å². The molecule has 0 bridgehead atoms. The Bertz CT molecular complexity index is 888. The molecule has 6 heteroatoms. The SMILES string of the molecule is Cc1cc(C)cc(CN2CCOCC3(CCC(CNc4ccc(C#N)cn4)O3)C2)c1. The fourth-order valence-corrected chi connectivity index (χ4v) is 4.58. The van der Waals surface area contributed by atoms with Gasteiger partial charge in [-0.3, -0.25) is 4.90 Å². The summed E-state index contributed by atoms with van der Waals surface area (Å²) < 4.78 is 12.5. The normalized spacial score (nSPS) is 24.5. The van der Waals surface area contributed by atoms with Gasteiger partial charge in [0.2, 0.25) is 0 Å². The molecule has 2 saturated heterocycles. The van der Waals surface area contributed by atoms with Crippen molar-refractivity contribution in [2.24, 2.45) is 0 Å². The van der Waals surface area contributed by atoms with Crippen molar-refractivity contribution in [2.75, 3.05) is 38.2 Å². The zero-order chi connectivity index (χ0) is 21.0. The molecule has 6 nitrogen and oxygen atoms in total. The Hall–Kier alpha value is -2.46. The minimum atomic E-state index is -0.236. The summed E-state index contributed by atoms with van der Waals surface area (Å²) >= 11 is 0. The van der Waals surface area contributed by atoms with E-state index in [9.17, 15) is 0 Å². The molecule has 2 atom stereocenters. The summed E-state index contributed by atoms with van der Waals surface area (Å²) in [5.41, 5.74) is 4.31. The zero-order valence-corrected chi connectivity index (χ0v) is 17.9. The van der Waals surface area contributed by atoms with Crippen LogP contribution in [0.2, 0.25) is 0 Å². The largest absolute Gasteiger partial charge is 0.377 e. The van der Waals surface area contributed by atoms with Crippen molar-refractivity contribution < 1.29 is 9.47 Å². The lowest BCUT2D eigenvalue weighted by Crippen LogP contribution is -2.44. The minimum absolute atomic E-state index is 0.132. The summed E-state index contributed by atoms with van der Waals surface area (Å²) in [6.45, 7) is 9.17. The molecule has 0 saturated carbocycles. The molecule has 158 valence electrons. The van der Waals surface area contributed by atoms with E-state index in [2.05, 4.69) is 53.3 Å². The third-order valence-electron chi connectivity index (χ3n) is 5.86. The fraction of sp³-hybridized carbons (Fsp3) is 0.500. The van der Waals surface area contributed by atoms with Crippen molar-refractivity contribution in [1.29, 1.82) is 5.26 Å². The Balaban J connectivity index is 1.35. The van der Waals surface area contributed by atoms with E-state index in [1.54, 1.807) is 12.3 Å². The van der Waals surface area contributed by atoms with E-state index in [1.807, 2.05) is 6.07 Å². The standard InChI is InChI=1S/C24H30N4O2/c1-18-9-19(2)11-21(10-18)15-28-7-8-29-17-24(16-28)6-5-22(30-24)14-27-23-4-3-20(12-25)13-26-23/h3-4,9-11,13,22H,5-8,14-17H2,1-2H3,(H,26,27). The summed E-state index contributed by atoms with van der Waals surface area (Å²) in [4.78, 5) is 6.75. The number of ether oxygens (including phenoxy) is 2. The number of hydrogen-bond acceptors (Lipinski definition) is 6. The summed E-state index contributed by atoms with van der Waals surface area (Å²) in [7, 11) is 0. The molecule has 2 aliphatic rings. The van der Waals surface area contributed by atoms with Gasteiger partial charge in [0.15, 0.2) is 0 Å². The van der Waals surface area contributed by atoms with Crippen LogP contribution in [0.15, 0.2) is 36.5 Å². The van der Waals surface area contributed by atoms with Crippen molar-refractivity contribution >= 4 is 5.82 Å². The number of aromatic nitrogens is 1. The van der Waals surface area contributed by atoms with Crippen LogP contribution in [0, 0.1) is 25.2 Å². The van der Waals surface area contributed by atoms with Crippen molar-refractivity contribution in [3.8, 4) is 6.07 Å². The Morgan fingerprint density at radius 1 is 1.27 bits per heavy atom. The van der Waals surface area contributed by atoms with E-state index in [-0.39, 0.29) is 11.7 Å². The Morgan fingerprint density at radius 2 is 2.10 bits per heavy atom. The number of nitrogens with zero attached hydrogens (tertiary/aromatic N) is 3. The van der Waals surface area contributed by atoms with Gasteiger partial charge in [-0.15, -0.1) is 0 Å². The first-order valence-corrected chi connectivity index (χ1v) is 10.7. The average Bonchev–Trinajstić information content (AvgIpc) is 3.01. The quantitative estimate of drug-likeness (QED) is 0.820. The zero-order valence-electron chi connectivity index (χ0n) is 17.9. The summed E-state index contributed by atoms with van der Waals surface area (Å²) in [5.74, 6) is 0.770. The molecular weight excluding hydrogens is 376 g/mol. The summed E-state index contributed by atoms with van der Waals surface area (Å²) in [6.07, 6.45) is 3.73. The molecule has 0 amide bonds. The van der Waals surface area contributed by atoms with Gasteiger partial charge >= 0.3 is 0 Å². The molecule has 1 spiro atoms. The van der Waals surface area contributed by atoms with Crippen LogP contribution >= 0.6 is 0 Å². The molecule has 4 rings (SSSR count). The molecule has 1 N–H and O–H groups in total. The first-order valence-electron chi connectivity index (χ1n) is 10.7. The maximum Gasteiger partial charge on any atom is 0.126 e. The molecular formula is C24H30N4O2. The highest BCUT2D eigenvalue weighted by molar-refractivity contribution is 5.39. The molecule has 0 radical (unpaired) electrons. The topological polar surface area (TPSA) is 70.4 Å². The highest BCUT2D eigenvalue weighted by Crippen LogP contribution is 2.33. The van der Waals surface area contributed by atoms with Gasteiger partial charge in [0, 0.05) is 32.4 Å². The molecule has 2 aliphatic heterocycles. The van der Waals surface area contributed by atoms with Gasteiger partial charge < -0.3 is 14.8 Å². The van der Waals surface area contributed by atoms with Crippen molar-refractivity contribution in [3.63, 3.8) is 0 Å². The second-order valence-corrected chi connectivity index (χ2v) is 8.65. The summed E-state index contributed by atoms with van der Waals surface area (Å²) in [6, 6.07) is 12.5. The maximum atomic E-state index is 8.89. The van der Waals surface area contributed by atoms with Crippen molar-refractivity contribution in [1.82, 2.24) is 9.88 Å². The van der Waals surface area contributed by atoms with Crippen LogP contribution < -0.4 is 5.32 Å². The van der Waals surface area contributed by atoms with E-state index in [1.165, 1.54) is 16.7 Å². The fourth-order valence-electron chi connectivity index (χ4n) is 4.58. The van der Waals surface area contributed by atoms with Crippen LogP contribution in [0.3, 0.4) is 0 Å². The van der Waals surface area contributed by atoms with Gasteiger partial charge in [-0.25, -0.2) is 4.98 Å². The number of anilines is 1. The minimum Gasteiger partial charge on any atom is -0.377 e. The van der Waals surface area contributed by atoms with Gasteiger partial charge in [-0.2, -0.15) is 5.26 Å². The van der Waals surface area contributed by atoms with Crippen LogP contribution in [0.25, 0.3) is 0 Å². The molecule has 0 aliphatic carbocycles. The second-order valence-electron chi connectivity index (χ2n) is 8.65. The van der Waals surface area contributed by atoms with E-state index in [0.29, 0.717) is 18.7 Å². The van der Waals surface area contributed by atoms with Crippen LogP contribution in [-0.2, 0) is 16.0 Å². The third-order valence-corrected chi connectivity index (χ3v) is 5.86. The lowest BCUT2D eigenvalue weighted by atomic mass is 9.99. The first kappa shape index (κ1) is 20.8. The van der Waals surface area contributed by atoms with Crippen LogP contribution in [0.4, 0.5) is 5.82 Å². The number of nitriles is 1. The van der Waals surface area contributed by atoms with Gasteiger partial charge in [-0.05, 0) is 44.4 Å². The first-order chi connectivity index (χ1) is 14.5. The summed E-state index contributed by atoms with van der Waals surface area (Å²) in [5, 5.41) is 12.2. The van der Waals surface area contributed by atoms with Gasteiger partial charge in [-0.1, -0.05) is 29.3 Å². The highest BCUT2D eigenvalue weighted by atomic mass is 16.6. The van der Waals surface area contributed by atoms with Crippen LogP contribution in [0.5, 0.6) is 0 Å². The number of rotatable bonds is 5. The predicted octanol–water partition coefficient (Wildman–Crippen LogP) is 3.43. The van der Waals surface area contributed by atoms with E-state index < -0.39 is 0 Å². The number of benzene rings is 1. The van der Waals surface area contributed by atoms with Crippen molar-refractivity contribution in [2.45, 2.75) is 44.9 Å². The maximum absolute atomic E-state index is 8.89. The third kappa shape index (κ3) is 5.17. The monoisotopic (exact) mass is 406 g/mol. The molecule has 2 unspecified atom stereocenters. The van der Waals surface area contributed by atoms with Gasteiger partial charge in [0.25, 0.3) is 0 Å². The van der Waals surface area contributed by atoms with Gasteiger partial charge in [0.05, 0.1) is 24.9 Å². The van der Waals surface area contributed by atoms with E-state index in [4.69, 9.17) is 14.7 Å². The Labute approximate surface area is 178 Å². The highest BCUT2D eigenvalue weighted by Gasteiger charge is 2.42. The second kappa shape index (κ2) is 9.13. The lowest BCUT2D eigenvalue weighted by Gasteiger charge is -2.32. The lowest BCUT2D eigenvalue weighted by molar-refractivity contribution is -0.0826. The Kier molecular flexibility index (Phi) is 6.33. The molecule has 3 heterocycles. The van der Waals surface area contributed by atoms with Crippen LogP contribution in [-0.4, -0.2) is 54.4 Å². The number of aryl methyl sites for hydroxylation is 2. The molecule has 30 heavy (non-hydrogen) atoms. The number of nitrogens with one attached hydrogen (secondary N) is 1. The average molecular weight is 407 g/mol. The van der Waals surface area contributed by atoms with E-state index >= 15 is 0 Å². The van der Waals surface area contributed by atoms with Gasteiger partial charge in [0.1, 0.15) is 17.5 Å². The Morgan fingerprint density at radius 3 is 2.83 bits per heavy atom. The molecule has 2 aromatic rings. The van der Waals surface area contributed by atoms with E-state index in [0.717, 1.165) is 44.9 Å². The number of pyridine rings is 1. The number of hydrogen-bond donors (Lipinski definition) is 1. The molecule has 2 fully saturated rings. The smallest absolute Gasteiger partial charge is 0.126 e. The predicted molar refractivity (Wildman–Crippen MR) is 116 cm³/mol. The molecule has 1 aromatic carbocycles. The van der Waals surface area contributed by atoms with Crippen molar-refractivity contribution in [3.05, 3.63) is 58.8 Å².